The van der Waals surface area contributed by atoms with Crippen molar-refractivity contribution in [2.75, 3.05) is 5.75 Å². The van der Waals surface area contributed by atoms with E-state index in [1.165, 1.54) is 19.4 Å². The number of aromatic amines is 1. The van der Waals surface area contributed by atoms with Gasteiger partial charge in [0.2, 0.25) is 17.7 Å². The largest absolute Gasteiger partial charge is 0.481 e. The van der Waals surface area contributed by atoms with Gasteiger partial charge in [0, 0.05) is 30.5 Å². The number of nitrogens with two attached hydrogens (primary N) is 1. The Hall–Kier alpha value is -3.17. The fourth-order valence-corrected chi connectivity index (χ4v) is 2.89. The third-order valence-electron chi connectivity index (χ3n) is 4.47. The predicted octanol–water partition coefficient (Wildman–Crippen LogP) is -3.01. The lowest BCUT2D eigenvalue weighted by molar-refractivity contribution is -0.142. The van der Waals surface area contributed by atoms with Gasteiger partial charge in [-0.2, -0.15) is 12.6 Å². The van der Waals surface area contributed by atoms with Crippen LogP contribution in [0.5, 0.6) is 0 Å². The van der Waals surface area contributed by atoms with Crippen LogP contribution in [0.1, 0.15) is 25.5 Å². The predicted molar refractivity (Wildman–Crippen MR) is 116 cm³/mol. The molecule has 5 unspecified atom stereocenters. The summed E-state index contributed by atoms with van der Waals surface area (Å²) in [7, 11) is 0. The number of rotatable bonds is 14. The van der Waals surface area contributed by atoms with Crippen molar-refractivity contribution < 1.29 is 39.3 Å². The molecule has 1 rings (SSSR count). The van der Waals surface area contributed by atoms with Gasteiger partial charge in [0.05, 0.1) is 18.5 Å². The van der Waals surface area contributed by atoms with Crippen molar-refractivity contribution in [1.82, 2.24) is 25.9 Å². The second-order valence-electron chi connectivity index (χ2n) is 7.19. The summed E-state index contributed by atoms with van der Waals surface area (Å²) in [5.74, 6) is -5.59. The van der Waals surface area contributed by atoms with Gasteiger partial charge in [-0.1, -0.05) is 0 Å². The van der Waals surface area contributed by atoms with Crippen molar-refractivity contribution in [2.24, 2.45) is 5.73 Å². The van der Waals surface area contributed by atoms with Gasteiger partial charge in [-0.05, 0) is 13.3 Å². The van der Waals surface area contributed by atoms with Crippen LogP contribution in [0, 0.1) is 0 Å². The summed E-state index contributed by atoms with van der Waals surface area (Å²) in [4.78, 5) is 66.2. The highest BCUT2D eigenvalue weighted by Gasteiger charge is 2.32. The fraction of sp³-hybridized carbons (Fsp3) is 0.556. The zero-order chi connectivity index (χ0) is 25.1. The molecule has 0 aliphatic heterocycles. The van der Waals surface area contributed by atoms with E-state index in [1.54, 1.807) is 0 Å². The third-order valence-corrected chi connectivity index (χ3v) is 4.84. The molecule has 5 atom stereocenters. The molecule has 0 bridgehead atoms. The first-order valence-electron chi connectivity index (χ1n) is 9.83. The number of amides is 3. The summed E-state index contributed by atoms with van der Waals surface area (Å²) in [6, 6.07) is -5.44. The first-order chi connectivity index (χ1) is 15.5. The number of hydrogen-bond acceptors (Lipinski definition) is 9. The molecule has 0 aromatic carbocycles. The number of carbonyl (C=O) groups is 5. The SMILES string of the molecule is CC(O)C(NC(=O)C(N)Cc1cnc[nH]1)C(=O)NC(CCC(=O)O)C(=O)NC(CS)C(=O)O. The molecule has 0 aliphatic carbocycles. The van der Waals surface area contributed by atoms with E-state index in [0.29, 0.717) is 5.69 Å². The van der Waals surface area contributed by atoms with E-state index in [0.717, 1.165) is 0 Å². The van der Waals surface area contributed by atoms with Crippen LogP contribution in [-0.2, 0) is 30.4 Å². The lowest BCUT2D eigenvalue weighted by Crippen LogP contribution is -2.60. The molecule has 1 aromatic rings. The molecule has 0 aliphatic rings. The monoisotopic (exact) mass is 488 g/mol. The number of carbonyl (C=O) groups excluding carboxylic acids is 3. The van der Waals surface area contributed by atoms with Gasteiger partial charge < -0.3 is 42.0 Å². The Labute approximate surface area is 194 Å². The molecule has 0 saturated heterocycles. The van der Waals surface area contributed by atoms with Crippen molar-refractivity contribution in [3.05, 3.63) is 18.2 Å². The minimum Gasteiger partial charge on any atom is -0.481 e. The smallest absolute Gasteiger partial charge is 0.327 e. The molecule has 15 heteroatoms. The summed E-state index contributed by atoms with van der Waals surface area (Å²) in [6.07, 6.45) is 0.651. The van der Waals surface area contributed by atoms with E-state index in [2.05, 4.69) is 38.5 Å². The molecule has 0 spiro atoms. The first-order valence-corrected chi connectivity index (χ1v) is 10.5. The summed E-state index contributed by atoms with van der Waals surface area (Å²) >= 11 is 3.82. The van der Waals surface area contributed by atoms with Crippen molar-refractivity contribution >= 4 is 42.3 Å². The van der Waals surface area contributed by atoms with Gasteiger partial charge in [-0.3, -0.25) is 19.2 Å². The van der Waals surface area contributed by atoms with E-state index in [-0.39, 0.29) is 18.6 Å². The van der Waals surface area contributed by atoms with Crippen LogP contribution in [0.4, 0.5) is 0 Å². The summed E-state index contributed by atoms with van der Waals surface area (Å²) < 4.78 is 0. The number of carboxylic acid groups (broad SMARTS) is 2. The lowest BCUT2D eigenvalue weighted by Gasteiger charge is -2.26. The van der Waals surface area contributed by atoms with Crippen LogP contribution >= 0.6 is 12.6 Å². The maximum atomic E-state index is 12.7. The Bertz CT molecular complexity index is 834. The van der Waals surface area contributed by atoms with E-state index in [1.807, 2.05) is 0 Å². The van der Waals surface area contributed by atoms with Crippen LogP contribution in [0.25, 0.3) is 0 Å². The van der Waals surface area contributed by atoms with Crippen molar-refractivity contribution in [2.45, 2.75) is 56.5 Å². The minimum absolute atomic E-state index is 0.0733. The topological polar surface area (TPSA) is 237 Å². The number of thiol groups is 1. The summed E-state index contributed by atoms with van der Waals surface area (Å²) in [6.45, 7) is 1.22. The lowest BCUT2D eigenvalue weighted by atomic mass is 10.1. The number of aliphatic hydroxyl groups excluding tert-OH is 1. The Morgan fingerprint density at radius 2 is 1.73 bits per heavy atom. The molecule has 3 amide bonds. The Morgan fingerprint density at radius 3 is 2.21 bits per heavy atom. The molecule has 33 heavy (non-hydrogen) atoms. The Morgan fingerprint density at radius 1 is 1.09 bits per heavy atom. The van der Waals surface area contributed by atoms with Crippen LogP contribution < -0.4 is 21.7 Å². The summed E-state index contributed by atoms with van der Waals surface area (Å²) in [5, 5.41) is 34.6. The second kappa shape index (κ2) is 13.4. The van der Waals surface area contributed by atoms with E-state index < -0.39 is 66.4 Å². The van der Waals surface area contributed by atoms with E-state index in [4.69, 9.17) is 15.9 Å². The van der Waals surface area contributed by atoms with Crippen molar-refractivity contribution in [3.8, 4) is 0 Å². The number of imidazole rings is 1. The third kappa shape index (κ3) is 9.46. The van der Waals surface area contributed by atoms with Gasteiger partial charge in [0.15, 0.2) is 0 Å². The normalized spacial score (nSPS) is 15.4. The quantitative estimate of drug-likeness (QED) is 0.120. The molecule has 184 valence electrons. The molecule has 1 aromatic heterocycles. The molecular formula is C18H28N6O8S. The number of aromatic nitrogens is 2. The molecular weight excluding hydrogens is 460 g/mol. The molecule has 1 heterocycles. The number of carboxylic acids is 2. The van der Waals surface area contributed by atoms with Gasteiger partial charge in [-0.15, -0.1) is 0 Å². The minimum atomic E-state index is -1.52. The number of nitrogens with zero attached hydrogens (tertiary/aromatic N) is 1. The first kappa shape index (κ1) is 27.9. The fourth-order valence-electron chi connectivity index (χ4n) is 2.65. The highest BCUT2D eigenvalue weighted by molar-refractivity contribution is 7.80. The van der Waals surface area contributed by atoms with Crippen molar-refractivity contribution in [3.63, 3.8) is 0 Å². The maximum Gasteiger partial charge on any atom is 0.327 e. The average molecular weight is 489 g/mol. The maximum absolute atomic E-state index is 12.7. The molecule has 0 radical (unpaired) electrons. The number of H-pyrrole nitrogens is 1. The van der Waals surface area contributed by atoms with E-state index >= 15 is 0 Å². The van der Waals surface area contributed by atoms with Gasteiger partial charge in [-0.25, -0.2) is 9.78 Å². The average Bonchev–Trinajstić information content (AvgIpc) is 3.24. The Kier molecular flexibility index (Phi) is 11.3. The van der Waals surface area contributed by atoms with Crippen LogP contribution in [0.2, 0.25) is 0 Å². The molecule has 14 nitrogen and oxygen atoms in total. The van der Waals surface area contributed by atoms with Gasteiger partial charge in [0.1, 0.15) is 18.1 Å². The van der Waals surface area contributed by atoms with Crippen molar-refractivity contribution in [1.29, 1.82) is 0 Å². The number of hydrogen-bond donors (Lipinski definition) is 9. The molecule has 0 fully saturated rings. The van der Waals surface area contributed by atoms with Gasteiger partial charge >= 0.3 is 11.9 Å². The zero-order valence-electron chi connectivity index (χ0n) is 17.7. The van der Waals surface area contributed by atoms with Crippen LogP contribution in [0.15, 0.2) is 12.5 Å². The standard InChI is InChI=1S/C18H28N6O8S/c1-8(25)14(24-15(28)10(19)4-9-5-20-7-21-9)17(30)22-11(2-3-13(26)27)16(29)23-12(6-33)18(31)32/h5,7-8,10-12,14,25,33H,2-4,6,19H2,1H3,(H,20,21)(H,22,30)(H,23,29)(H,24,28)(H,26,27)(H,31,32). The van der Waals surface area contributed by atoms with Crippen LogP contribution in [-0.4, -0.2) is 91.0 Å². The molecule has 0 saturated carbocycles. The zero-order valence-corrected chi connectivity index (χ0v) is 18.6. The highest BCUT2D eigenvalue weighted by atomic mass is 32.1. The number of nitrogens with one attached hydrogen (secondary N) is 4. The number of aliphatic carboxylic acids is 2. The van der Waals surface area contributed by atoms with E-state index in [9.17, 15) is 29.1 Å². The summed E-state index contributed by atoms with van der Waals surface area (Å²) in [5.41, 5.74) is 6.39. The Balaban J connectivity index is 2.89. The molecule has 9 N–H and O–H groups in total. The second-order valence-corrected chi connectivity index (χ2v) is 7.56. The van der Waals surface area contributed by atoms with Crippen LogP contribution in [0.3, 0.4) is 0 Å². The van der Waals surface area contributed by atoms with Gasteiger partial charge in [0.25, 0.3) is 0 Å². The highest BCUT2D eigenvalue weighted by Crippen LogP contribution is 2.04. The number of aliphatic hydroxyl groups is 1.